The summed E-state index contributed by atoms with van der Waals surface area (Å²) in [5.41, 5.74) is 11.4. The van der Waals surface area contributed by atoms with E-state index in [0.29, 0.717) is 19.4 Å². The Morgan fingerprint density at radius 3 is 2.36 bits per heavy atom. The summed E-state index contributed by atoms with van der Waals surface area (Å²) in [5, 5.41) is 24.6. The molecule has 1 aromatic carbocycles. The molecule has 0 aliphatic rings. The number of rotatable bonds is 10. The fourth-order valence-electron chi connectivity index (χ4n) is 2.30. The quantitative estimate of drug-likeness (QED) is 0.158. The first-order chi connectivity index (χ1) is 11.8. The molecule has 0 fully saturated rings. The number of amides is 2. The minimum Gasteiger partial charge on any atom is -0.508 e. The molecule has 9 nitrogen and oxygen atoms in total. The first-order valence-electron chi connectivity index (χ1n) is 7.96. The van der Waals surface area contributed by atoms with E-state index in [-0.39, 0.29) is 24.0 Å². The van der Waals surface area contributed by atoms with Gasteiger partial charge in [-0.1, -0.05) is 12.1 Å². The maximum absolute atomic E-state index is 12.4. The van der Waals surface area contributed by atoms with Gasteiger partial charge in [-0.15, -0.1) is 0 Å². The number of carbonyl (C=O) groups is 2. The van der Waals surface area contributed by atoms with Crippen LogP contribution in [0.5, 0.6) is 5.75 Å². The third kappa shape index (κ3) is 7.53. The first kappa shape index (κ1) is 20.2. The number of hydrogen-bond donors (Lipinski definition) is 7. The van der Waals surface area contributed by atoms with Gasteiger partial charge in [0, 0.05) is 13.0 Å². The summed E-state index contributed by atoms with van der Waals surface area (Å²) in [6, 6.07) is 5.01. The number of primary amides is 1. The predicted octanol–water partition coefficient (Wildman–Crippen LogP) is -1.24. The van der Waals surface area contributed by atoms with Crippen molar-refractivity contribution < 1.29 is 14.7 Å². The predicted molar refractivity (Wildman–Crippen MR) is 94.9 cm³/mol. The zero-order valence-electron chi connectivity index (χ0n) is 14.2. The number of guanidine groups is 1. The number of aromatic hydroxyl groups is 1. The topological polar surface area (TPSA) is 166 Å². The van der Waals surface area contributed by atoms with E-state index in [1.54, 1.807) is 19.2 Å². The molecule has 25 heavy (non-hydrogen) atoms. The van der Waals surface area contributed by atoms with Crippen molar-refractivity contribution in [2.24, 2.45) is 11.5 Å². The molecule has 1 aromatic rings. The molecule has 1 rings (SSSR count). The number of likely N-dealkylation sites (N-methyl/N-ethyl adjacent to an activating group) is 1. The van der Waals surface area contributed by atoms with E-state index >= 15 is 0 Å². The number of phenolic OH excluding ortho intramolecular Hbond substituents is 1. The van der Waals surface area contributed by atoms with Gasteiger partial charge in [0.1, 0.15) is 11.8 Å². The molecule has 2 amide bonds. The second kappa shape index (κ2) is 10.1. The molecule has 0 bridgehead atoms. The third-order valence-corrected chi connectivity index (χ3v) is 3.69. The van der Waals surface area contributed by atoms with E-state index in [1.807, 2.05) is 0 Å². The molecule has 0 saturated heterocycles. The molecular weight excluding hydrogens is 324 g/mol. The lowest BCUT2D eigenvalue weighted by molar-refractivity contribution is -0.128. The molecular formula is C16H26N6O3. The van der Waals surface area contributed by atoms with Crippen molar-refractivity contribution in [3.05, 3.63) is 29.8 Å². The molecule has 0 aliphatic carbocycles. The fraction of sp³-hybridized carbons (Fsp3) is 0.438. The number of hydrogen-bond acceptors (Lipinski definition) is 5. The van der Waals surface area contributed by atoms with Crippen molar-refractivity contribution in [2.45, 2.75) is 31.3 Å². The minimum atomic E-state index is -0.844. The molecule has 0 aromatic heterocycles. The smallest absolute Gasteiger partial charge is 0.240 e. The highest BCUT2D eigenvalue weighted by Gasteiger charge is 2.23. The van der Waals surface area contributed by atoms with E-state index < -0.39 is 18.0 Å². The average Bonchev–Trinajstić information content (AvgIpc) is 2.55. The molecule has 0 spiro atoms. The largest absolute Gasteiger partial charge is 0.508 e. The van der Waals surface area contributed by atoms with Gasteiger partial charge in [0.25, 0.3) is 0 Å². The highest BCUT2D eigenvalue weighted by molar-refractivity contribution is 5.89. The SMILES string of the molecule is CN[C@@H](CCCNC(=N)N)C(=O)N[C@@H](Cc1ccc(O)cc1)C(N)=O. The summed E-state index contributed by atoms with van der Waals surface area (Å²) in [6.45, 7) is 0.480. The van der Waals surface area contributed by atoms with Crippen LogP contribution in [0.2, 0.25) is 0 Å². The van der Waals surface area contributed by atoms with Gasteiger partial charge in [-0.05, 0) is 37.6 Å². The van der Waals surface area contributed by atoms with Crippen LogP contribution in [-0.2, 0) is 16.0 Å². The van der Waals surface area contributed by atoms with Gasteiger partial charge in [-0.25, -0.2) is 0 Å². The third-order valence-electron chi connectivity index (χ3n) is 3.69. The summed E-state index contributed by atoms with van der Waals surface area (Å²) in [4.78, 5) is 24.0. The van der Waals surface area contributed by atoms with E-state index in [2.05, 4.69) is 16.0 Å². The zero-order chi connectivity index (χ0) is 18.8. The van der Waals surface area contributed by atoms with Crippen LogP contribution in [0.25, 0.3) is 0 Å². The van der Waals surface area contributed by atoms with Gasteiger partial charge in [0.15, 0.2) is 5.96 Å². The van der Waals surface area contributed by atoms with Crippen molar-refractivity contribution in [1.29, 1.82) is 5.41 Å². The van der Waals surface area contributed by atoms with Crippen LogP contribution in [0.3, 0.4) is 0 Å². The number of benzene rings is 1. The number of phenols is 1. The minimum absolute atomic E-state index is 0.117. The van der Waals surface area contributed by atoms with E-state index in [0.717, 1.165) is 5.56 Å². The van der Waals surface area contributed by atoms with Crippen LogP contribution >= 0.6 is 0 Å². The van der Waals surface area contributed by atoms with Gasteiger partial charge >= 0.3 is 0 Å². The Hall–Kier alpha value is -2.81. The van der Waals surface area contributed by atoms with Crippen LogP contribution in [0, 0.1) is 5.41 Å². The molecule has 0 heterocycles. The lowest BCUT2D eigenvalue weighted by Crippen LogP contribution is -2.52. The van der Waals surface area contributed by atoms with Gasteiger partial charge in [0.2, 0.25) is 11.8 Å². The molecule has 9 heteroatoms. The van der Waals surface area contributed by atoms with Crippen molar-refractivity contribution in [1.82, 2.24) is 16.0 Å². The van der Waals surface area contributed by atoms with Crippen molar-refractivity contribution in [2.75, 3.05) is 13.6 Å². The molecule has 0 radical (unpaired) electrons. The first-order valence-corrected chi connectivity index (χ1v) is 7.96. The summed E-state index contributed by atoms with van der Waals surface area (Å²) in [5.74, 6) is -0.951. The monoisotopic (exact) mass is 350 g/mol. The second-order valence-electron chi connectivity index (χ2n) is 5.66. The van der Waals surface area contributed by atoms with Crippen molar-refractivity contribution in [3.63, 3.8) is 0 Å². The van der Waals surface area contributed by atoms with Crippen molar-refractivity contribution >= 4 is 17.8 Å². The van der Waals surface area contributed by atoms with Crippen LogP contribution in [0.15, 0.2) is 24.3 Å². The zero-order valence-corrected chi connectivity index (χ0v) is 14.2. The Labute approximate surface area is 146 Å². The lowest BCUT2D eigenvalue weighted by atomic mass is 10.0. The van der Waals surface area contributed by atoms with E-state index in [9.17, 15) is 14.7 Å². The molecule has 0 aliphatic heterocycles. The standard InChI is InChI=1S/C16H26N6O3/c1-20-12(3-2-8-21-16(18)19)15(25)22-13(14(17)24)9-10-4-6-11(23)7-5-10/h4-7,12-13,20,23H,2-3,8-9H2,1H3,(H2,17,24)(H,22,25)(H4,18,19,21)/t12-,13-/m0/s1. The van der Waals surface area contributed by atoms with Crippen LogP contribution in [-0.4, -0.2) is 48.6 Å². The van der Waals surface area contributed by atoms with Gasteiger partial charge in [-0.3, -0.25) is 15.0 Å². The van der Waals surface area contributed by atoms with Gasteiger partial charge in [0.05, 0.1) is 6.04 Å². The Balaban J connectivity index is 2.59. The maximum atomic E-state index is 12.4. The second-order valence-corrected chi connectivity index (χ2v) is 5.66. The van der Waals surface area contributed by atoms with Crippen LogP contribution in [0.1, 0.15) is 18.4 Å². The highest BCUT2D eigenvalue weighted by atomic mass is 16.3. The van der Waals surface area contributed by atoms with Gasteiger partial charge in [-0.2, -0.15) is 0 Å². The summed E-state index contributed by atoms with van der Waals surface area (Å²) in [6.07, 6.45) is 1.37. The number of nitrogens with two attached hydrogens (primary N) is 2. The van der Waals surface area contributed by atoms with Crippen LogP contribution < -0.4 is 27.4 Å². The Morgan fingerprint density at radius 2 is 1.84 bits per heavy atom. The van der Waals surface area contributed by atoms with Crippen LogP contribution in [0.4, 0.5) is 0 Å². The maximum Gasteiger partial charge on any atom is 0.240 e. The molecule has 2 atom stereocenters. The highest BCUT2D eigenvalue weighted by Crippen LogP contribution is 2.11. The lowest BCUT2D eigenvalue weighted by Gasteiger charge is -2.21. The summed E-state index contributed by atoms with van der Waals surface area (Å²) < 4.78 is 0. The normalized spacial score (nSPS) is 12.8. The van der Waals surface area contributed by atoms with E-state index in [4.69, 9.17) is 16.9 Å². The molecule has 0 unspecified atom stereocenters. The summed E-state index contributed by atoms with van der Waals surface area (Å²) in [7, 11) is 1.65. The number of nitrogens with one attached hydrogen (secondary N) is 4. The molecule has 9 N–H and O–H groups in total. The molecule has 138 valence electrons. The Bertz CT molecular complexity index is 590. The van der Waals surface area contributed by atoms with Gasteiger partial charge < -0.3 is 32.5 Å². The Morgan fingerprint density at radius 1 is 1.20 bits per heavy atom. The molecule has 0 saturated carbocycles. The number of carbonyl (C=O) groups excluding carboxylic acids is 2. The van der Waals surface area contributed by atoms with Crippen molar-refractivity contribution in [3.8, 4) is 5.75 Å². The Kier molecular flexibility index (Phi) is 8.21. The average molecular weight is 350 g/mol. The van der Waals surface area contributed by atoms with E-state index in [1.165, 1.54) is 12.1 Å². The summed E-state index contributed by atoms with van der Waals surface area (Å²) >= 11 is 0. The fourth-order valence-corrected chi connectivity index (χ4v) is 2.30.